The number of benzene rings is 2. The molecule has 0 aromatic heterocycles. The van der Waals surface area contributed by atoms with Gasteiger partial charge in [-0.15, -0.1) is 0 Å². The van der Waals surface area contributed by atoms with E-state index in [9.17, 15) is 4.39 Å². The quantitative estimate of drug-likeness (QED) is 0.890. The predicted octanol–water partition coefficient (Wildman–Crippen LogP) is 3.66. The average molecular weight is 355 g/mol. The third-order valence-electron chi connectivity index (χ3n) is 5.88. The molecule has 138 valence electrons. The van der Waals surface area contributed by atoms with Crippen molar-refractivity contribution in [3.05, 3.63) is 71.0 Å². The lowest BCUT2D eigenvalue weighted by Gasteiger charge is -2.40. The lowest BCUT2D eigenvalue weighted by atomic mass is 9.68. The molecule has 2 aromatic carbocycles. The van der Waals surface area contributed by atoms with E-state index in [0.717, 1.165) is 24.8 Å². The van der Waals surface area contributed by atoms with Crippen LogP contribution in [0, 0.1) is 17.7 Å². The molecule has 26 heavy (non-hydrogen) atoms. The first-order valence-corrected chi connectivity index (χ1v) is 9.52. The van der Waals surface area contributed by atoms with Gasteiger partial charge in [0.25, 0.3) is 0 Å². The molecular weight excluding hydrogens is 329 g/mol. The van der Waals surface area contributed by atoms with E-state index >= 15 is 0 Å². The van der Waals surface area contributed by atoms with Crippen molar-refractivity contribution >= 4 is 0 Å². The van der Waals surface area contributed by atoms with E-state index in [-0.39, 0.29) is 23.9 Å². The molecule has 1 fully saturated rings. The SMILES string of the molecule is NCC1c2ccccc2CCC1C(Cc1cccc(F)c1)C1OCCO1. The van der Waals surface area contributed by atoms with E-state index in [2.05, 4.69) is 24.3 Å². The van der Waals surface area contributed by atoms with Gasteiger partial charge in [0.1, 0.15) is 5.82 Å². The second-order valence-corrected chi connectivity index (χ2v) is 7.35. The van der Waals surface area contributed by atoms with Gasteiger partial charge in [-0.2, -0.15) is 0 Å². The molecule has 2 N–H and O–H groups in total. The summed E-state index contributed by atoms with van der Waals surface area (Å²) < 4.78 is 25.5. The van der Waals surface area contributed by atoms with E-state index in [1.807, 2.05) is 6.07 Å². The molecular formula is C22H26FNO2. The number of halogens is 1. The average Bonchev–Trinajstić information content (AvgIpc) is 3.20. The third-order valence-corrected chi connectivity index (χ3v) is 5.88. The highest BCUT2D eigenvalue weighted by Crippen LogP contribution is 2.43. The van der Waals surface area contributed by atoms with Crippen LogP contribution in [0.2, 0.25) is 0 Å². The highest BCUT2D eigenvalue weighted by atomic mass is 19.1. The van der Waals surface area contributed by atoms with Crippen LogP contribution in [0.4, 0.5) is 4.39 Å². The normalized spacial score (nSPS) is 24.4. The highest BCUT2D eigenvalue weighted by molar-refractivity contribution is 5.34. The molecule has 2 aliphatic rings. The maximum absolute atomic E-state index is 13.7. The largest absolute Gasteiger partial charge is 0.350 e. The minimum atomic E-state index is -0.234. The molecule has 1 aliphatic carbocycles. The van der Waals surface area contributed by atoms with Gasteiger partial charge in [-0.25, -0.2) is 4.39 Å². The first-order chi connectivity index (χ1) is 12.8. The summed E-state index contributed by atoms with van der Waals surface area (Å²) in [6, 6.07) is 15.5. The Bertz CT molecular complexity index is 744. The summed E-state index contributed by atoms with van der Waals surface area (Å²) in [5, 5.41) is 0. The van der Waals surface area contributed by atoms with Crippen LogP contribution in [0.15, 0.2) is 48.5 Å². The number of fused-ring (bicyclic) bond motifs is 1. The van der Waals surface area contributed by atoms with Crippen molar-refractivity contribution in [2.45, 2.75) is 31.5 Å². The van der Waals surface area contributed by atoms with E-state index in [1.165, 1.54) is 17.2 Å². The molecule has 2 aromatic rings. The Morgan fingerprint density at radius 3 is 2.65 bits per heavy atom. The zero-order valence-corrected chi connectivity index (χ0v) is 14.9. The van der Waals surface area contributed by atoms with Crippen molar-refractivity contribution in [1.29, 1.82) is 0 Å². The van der Waals surface area contributed by atoms with Crippen LogP contribution in [0.1, 0.15) is 29.0 Å². The predicted molar refractivity (Wildman–Crippen MR) is 99.3 cm³/mol. The number of rotatable bonds is 5. The van der Waals surface area contributed by atoms with Crippen LogP contribution < -0.4 is 5.73 Å². The van der Waals surface area contributed by atoms with Gasteiger partial charge in [-0.05, 0) is 66.5 Å². The Balaban J connectivity index is 1.65. The minimum absolute atomic E-state index is 0.168. The van der Waals surface area contributed by atoms with E-state index in [0.29, 0.717) is 25.7 Å². The molecule has 0 amide bonds. The summed E-state index contributed by atoms with van der Waals surface area (Å²) in [6.07, 6.45) is 2.61. The first kappa shape index (κ1) is 17.7. The van der Waals surface area contributed by atoms with Crippen molar-refractivity contribution < 1.29 is 13.9 Å². The molecule has 0 spiro atoms. The zero-order chi connectivity index (χ0) is 17.9. The Hall–Kier alpha value is -1.75. The van der Waals surface area contributed by atoms with Crippen LogP contribution >= 0.6 is 0 Å². The smallest absolute Gasteiger partial charge is 0.161 e. The molecule has 1 aliphatic heterocycles. The van der Waals surface area contributed by atoms with Gasteiger partial charge in [0.15, 0.2) is 6.29 Å². The van der Waals surface area contributed by atoms with E-state index in [4.69, 9.17) is 15.2 Å². The molecule has 0 saturated carbocycles. The summed E-state index contributed by atoms with van der Waals surface area (Å²) in [7, 11) is 0. The van der Waals surface area contributed by atoms with Crippen molar-refractivity contribution in [2.24, 2.45) is 17.6 Å². The fraction of sp³-hybridized carbons (Fsp3) is 0.455. The van der Waals surface area contributed by atoms with Gasteiger partial charge in [-0.1, -0.05) is 36.4 Å². The highest BCUT2D eigenvalue weighted by Gasteiger charge is 2.40. The number of hydrogen-bond donors (Lipinski definition) is 1. The van der Waals surface area contributed by atoms with Gasteiger partial charge in [-0.3, -0.25) is 0 Å². The standard InChI is InChI=1S/C22H26FNO2/c23-17-6-3-4-15(12-17)13-20(22-25-10-11-26-22)19-9-8-16-5-1-2-7-18(16)21(19)14-24/h1-7,12,19-22H,8-11,13-14,24H2. The molecule has 3 nitrogen and oxygen atoms in total. The summed E-state index contributed by atoms with van der Waals surface area (Å²) in [6.45, 7) is 1.86. The minimum Gasteiger partial charge on any atom is -0.350 e. The number of aryl methyl sites for hydroxylation is 1. The van der Waals surface area contributed by atoms with Gasteiger partial charge in [0.2, 0.25) is 0 Å². The third kappa shape index (κ3) is 3.54. The van der Waals surface area contributed by atoms with Crippen molar-refractivity contribution in [1.82, 2.24) is 0 Å². The Morgan fingerprint density at radius 1 is 1.08 bits per heavy atom. The molecule has 1 heterocycles. The number of ether oxygens (including phenoxy) is 2. The summed E-state index contributed by atoms with van der Waals surface area (Å²) >= 11 is 0. The van der Waals surface area contributed by atoms with Gasteiger partial charge < -0.3 is 15.2 Å². The maximum Gasteiger partial charge on any atom is 0.161 e. The van der Waals surface area contributed by atoms with Crippen molar-refractivity contribution in [2.75, 3.05) is 19.8 Å². The first-order valence-electron chi connectivity index (χ1n) is 9.52. The Kier molecular flexibility index (Phi) is 5.34. The van der Waals surface area contributed by atoms with Gasteiger partial charge in [0, 0.05) is 5.92 Å². The summed E-state index contributed by atoms with van der Waals surface area (Å²) in [5.74, 6) is 0.618. The van der Waals surface area contributed by atoms with Crippen LogP contribution in [0.25, 0.3) is 0 Å². The second kappa shape index (κ2) is 7.87. The maximum atomic E-state index is 13.7. The van der Waals surface area contributed by atoms with Crippen LogP contribution in [-0.4, -0.2) is 26.0 Å². The van der Waals surface area contributed by atoms with Crippen molar-refractivity contribution in [3.63, 3.8) is 0 Å². The molecule has 3 unspecified atom stereocenters. The molecule has 3 atom stereocenters. The second-order valence-electron chi connectivity index (χ2n) is 7.35. The molecule has 1 saturated heterocycles. The summed E-state index contributed by atoms with van der Waals surface area (Å²) in [4.78, 5) is 0. The lowest BCUT2D eigenvalue weighted by Crippen LogP contribution is -2.39. The molecule has 4 rings (SSSR count). The van der Waals surface area contributed by atoms with Crippen LogP contribution in [0.3, 0.4) is 0 Å². The Labute approximate surface area is 154 Å². The topological polar surface area (TPSA) is 44.5 Å². The molecule has 0 bridgehead atoms. The summed E-state index contributed by atoms with van der Waals surface area (Å²) in [5.41, 5.74) is 9.97. The molecule has 4 heteroatoms. The van der Waals surface area contributed by atoms with Crippen molar-refractivity contribution in [3.8, 4) is 0 Å². The van der Waals surface area contributed by atoms with Gasteiger partial charge in [0.05, 0.1) is 13.2 Å². The fourth-order valence-corrected chi connectivity index (χ4v) is 4.70. The van der Waals surface area contributed by atoms with Crippen LogP contribution in [-0.2, 0) is 22.3 Å². The zero-order valence-electron chi connectivity index (χ0n) is 14.9. The fourth-order valence-electron chi connectivity index (χ4n) is 4.70. The number of nitrogens with two attached hydrogens (primary N) is 1. The van der Waals surface area contributed by atoms with Crippen LogP contribution in [0.5, 0.6) is 0 Å². The Morgan fingerprint density at radius 2 is 1.88 bits per heavy atom. The number of hydrogen-bond acceptors (Lipinski definition) is 3. The van der Waals surface area contributed by atoms with E-state index < -0.39 is 0 Å². The molecule has 0 radical (unpaired) electrons. The van der Waals surface area contributed by atoms with Gasteiger partial charge >= 0.3 is 0 Å². The lowest BCUT2D eigenvalue weighted by molar-refractivity contribution is -0.104. The van der Waals surface area contributed by atoms with E-state index in [1.54, 1.807) is 12.1 Å². The monoisotopic (exact) mass is 355 g/mol.